The Kier molecular flexibility index (Phi) is 6.38. The third kappa shape index (κ3) is 4.09. The average Bonchev–Trinajstić information content (AvgIpc) is 2.76. The van der Waals surface area contributed by atoms with Crippen molar-refractivity contribution in [1.29, 1.82) is 0 Å². The number of piperazine rings is 1. The first-order valence-electron chi connectivity index (χ1n) is 11.5. The summed E-state index contributed by atoms with van der Waals surface area (Å²) in [6.45, 7) is 16.3. The van der Waals surface area contributed by atoms with Crippen LogP contribution in [0.3, 0.4) is 0 Å². The van der Waals surface area contributed by atoms with Crippen LogP contribution in [0.25, 0.3) is 16.6 Å². The lowest BCUT2D eigenvalue weighted by atomic mass is 9.94. The standard InChI is InChI=1S/C26H34ClN3/c1-5-6-9-18(2)30-15-14-29(17-19(30)3)20(4)21-12-13-23-25(16-21)28-24-11-8-7-10-22(24)26(23)27/h12-13,16,19H,2,4-11,14-15,17H2,1,3H3. The van der Waals surface area contributed by atoms with Gasteiger partial charge in [0, 0.05) is 48.2 Å². The van der Waals surface area contributed by atoms with Crippen LogP contribution in [0.15, 0.2) is 37.1 Å². The number of nitrogens with zero attached hydrogens (tertiary/aromatic N) is 3. The molecular weight excluding hydrogens is 390 g/mol. The zero-order valence-electron chi connectivity index (χ0n) is 18.5. The molecule has 2 aliphatic rings. The normalized spacial score (nSPS) is 19.1. The molecule has 4 heteroatoms. The second-order valence-electron chi connectivity index (χ2n) is 8.89. The number of fused-ring (bicyclic) bond motifs is 2. The number of aryl methyl sites for hydroxylation is 1. The Morgan fingerprint density at radius 2 is 2.00 bits per heavy atom. The average molecular weight is 424 g/mol. The molecule has 0 amide bonds. The molecular formula is C26H34ClN3. The Balaban J connectivity index is 1.52. The highest BCUT2D eigenvalue weighted by Crippen LogP contribution is 2.34. The van der Waals surface area contributed by atoms with E-state index in [1.807, 2.05) is 0 Å². The molecule has 1 saturated heterocycles. The van der Waals surface area contributed by atoms with Crippen LogP contribution in [0.4, 0.5) is 0 Å². The number of hydrogen-bond donors (Lipinski definition) is 0. The topological polar surface area (TPSA) is 19.4 Å². The maximum absolute atomic E-state index is 6.75. The largest absolute Gasteiger partial charge is 0.369 e. The summed E-state index contributed by atoms with van der Waals surface area (Å²) >= 11 is 6.75. The van der Waals surface area contributed by atoms with Gasteiger partial charge in [0.05, 0.1) is 10.5 Å². The van der Waals surface area contributed by atoms with Crippen LogP contribution in [0.1, 0.15) is 62.8 Å². The fourth-order valence-corrected chi connectivity index (χ4v) is 5.29. The van der Waals surface area contributed by atoms with Crippen LogP contribution >= 0.6 is 11.6 Å². The molecule has 0 radical (unpaired) electrons. The van der Waals surface area contributed by atoms with Gasteiger partial charge in [0.25, 0.3) is 0 Å². The highest BCUT2D eigenvalue weighted by Gasteiger charge is 2.26. The summed E-state index contributed by atoms with van der Waals surface area (Å²) in [4.78, 5) is 9.87. The second-order valence-corrected chi connectivity index (χ2v) is 9.27. The van der Waals surface area contributed by atoms with E-state index in [2.05, 4.69) is 55.0 Å². The van der Waals surface area contributed by atoms with E-state index < -0.39 is 0 Å². The molecule has 0 spiro atoms. The minimum Gasteiger partial charge on any atom is -0.369 e. The molecule has 4 rings (SSSR count). The predicted octanol–water partition coefficient (Wildman–Crippen LogP) is 6.45. The van der Waals surface area contributed by atoms with Gasteiger partial charge in [-0.2, -0.15) is 0 Å². The van der Waals surface area contributed by atoms with Gasteiger partial charge in [0.15, 0.2) is 0 Å². The van der Waals surface area contributed by atoms with E-state index in [1.165, 1.54) is 42.6 Å². The molecule has 0 N–H and O–H groups in total. The lowest BCUT2D eigenvalue weighted by molar-refractivity contribution is 0.149. The van der Waals surface area contributed by atoms with Gasteiger partial charge in [-0.3, -0.25) is 4.98 Å². The van der Waals surface area contributed by atoms with Crippen molar-refractivity contribution in [3.63, 3.8) is 0 Å². The van der Waals surface area contributed by atoms with Crippen LogP contribution < -0.4 is 0 Å². The SMILES string of the molecule is C=C(c1ccc2c(Cl)c3c(nc2c1)CCCC3)N1CCN(C(=C)CCCC)C(C)C1. The lowest BCUT2D eigenvalue weighted by Crippen LogP contribution is -2.50. The second kappa shape index (κ2) is 9.01. The number of rotatable bonds is 6. The number of halogens is 1. The van der Waals surface area contributed by atoms with E-state index in [9.17, 15) is 0 Å². The highest BCUT2D eigenvalue weighted by atomic mass is 35.5. The van der Waals surface area contributed by atoms with Crippen molar-refractivity contribution in [3.8, 4) is 0 Å². The summed E-state index contributed by atoms with van der Waals surface area (Å²) in [7, 11) is 0. The molecule has 1 aliphatic carbocycles. The summed E-state index contributed by atoms with van der Waals surface area (Å²) < 4.78 is 0. The van der Waals surface area contributed by atoms with Gasteiger partial charge in [0.1, 0.15) is 0 Å². The molecule has 1 atom stereocenters. The van der Waals surface area contributed by atoms with E-state index in [-0.39, 0.29) is 0 Å². The Bertz CT molecular complexity index is 964. The van der Waals surface area contributed by atoms with Gasteiger partial charge >= 0.3 is 0 Å². The summed E-state index contributed by atoms with van der Waals surface area (Å²) in [6.07, 6.45) is 8.05. The smallest absolute Gasteiger partial charge is 0.0727 e. The number of benzene rings is 1. The van der Waals surface area contributed by atoms with Crippen molar-refractivity contribution < 1.29 is 0 Å². The van der Waals surface area contributed by atoms with Crippen LogP contribution in [-0.2, 0) is 12.8 Å². The van der Waals surface area contributed by atoms with Crippen molar-refractivity contribution in [2.45, 2.75) is 64.8 Å². The fraction of sp³-hybridized carbons (Fsp3) is 0.500. The molecule has 30 heavy (non-hydrogen) atoms. The van der Waals surface area contributed by atoms with Gasteiger partial charge in [-0.15, -0.1) is 0 Å². The molecule has 3 nitrogen and oxygen atoms in total. The van der Waals surface area contributed by atoms with Gasteiger partial charge < -0.3 is 9.80 Å². The Labute approximate surface area is 186 Å². The molecule has 0 bridgehead atoms. The van der Waals surface area contributed by atoms with Crippen molar-refractivity contribution in [2.75, 3.05) is 19.6 Å². The fourth-order valence-electron chi connectivity index (χ4n) is 4.93. The molecule has 160 valence electrons. The van der Waals surface area contributed by atoms with E-state index >= 15 is 0 Å². The van der Waals surface area contributed by atoms with E-state index in [1.54, 1.807) is 0 Å². The number of unbranched alkanes of at least 4 members (excludes halogenated alkanes) is 1. The number of pyridine rings is 1. The zero-order valence-corrected chi connectivity index (χ0v) is 19.3. The lowest BCUT2D eigenvalue weighted by Gasteiger charge is -2.44. The van der Waals surface area contributed by atoms with E-state index in [4.69, 9.17) is 16.6 Å². The first-order chi connectivity index (χ1) is 14.5. The molecule has 1 fully saturated rings. The summed E-state index contributed by atoms with van der Waals surface area (Å²) in [6, 6.07) is 6.91. The monoisotopic (exact) mass is 423 g/mol. The summed E-state index contributed by atoms with van der Waals surface area (Å²) in [5, 5.41) is 1.97. The molecule has 0 saturated carbocycles. The maximum atomic E-state index is 6.75. The minimum absolute atomic E-state index is 0.444. The maximum Gasteiger partial charge on any atom is 0.0727 e. The van der Waals surface area contributed by atoms with Crippen LogP contribution in [0.5, 0.6) is 0 Å². The van der Waals surface area contributed by atoms with Gasteiger partial charge in [-0.1, -0.05) is 50.2 Å². The Hall–Kier alpha value is -2.00. The van der Waals surface area contributed by atoms with E-state index in [0.29, 0.717) is 6.04 Å². The van der Waals surface area contributed by atoms with Crippen molar-refractivity contribution in [3.05, 3.63) is 58.9 Å². The highest BCUT2D eigenvalue weighted by molar-refractivity contribution is 6.36. The van der Waals surface area contributed by atoms with E-state index in [0.717, 1.165) is 66.1 Å². The van der Waals surface area contributed by atoms with Crippen molar-refractivity contribution >= 4 is 28.2 Å². The molecule has 1 aliphatic heterocycles. The molecule has 1 unspecified atom stereocenters. The third-order valence-corrected chi connectivity index (χ3v) is 7.19. The Morgan fingerprint density at radius 1 is 1.20 bits per heavy atom. The summed E-state index contributed by atoms with van der Waals surface area (Å²) in [5.41, 5.74) is 6.96. The zero-order chi connectivity index (χ0) is 21.3. The number of allylic oxidation sites excluding steroid dienone is 1. The quantitative estimate of drug-likeness (QED) is 0.532. The first kappa shape index (κ1) is 21.2. The molecule has 2 heterocycles. The summed E-state index contributed by atoms with van der Waals surface area (Å²) in [5.74, 6) is 0. The Morgan fingerprint density at radius 3 is 2.77 bits per heavy atom. The van der Waals surface area contributed by atoms with Crippen molar-refractivity contribution in [1.82, 2.24) is 14.8 Å². The number of hydrogen-bond acceptors (Lipinski definition) is 3. The predicted molar refractivity (Wildman–Crippen MR) is 129 cm³/mol. The van der Waals surface area contributed by atoms with Crippen LogP contribution in [-0.4, -0.2) is 40.5 Å². The number of aromatic nitrogens is 1. The molecule has 1 aromatic carbocycles. The van der Waals surface area contributed by atoms with Gasteiger partial charge in [-0.05, 0) is 62.6 Å². The van der Waals surface area contributed by atoms with Crippen molar-refractivity contribution in [2.24, 2.45) is 0 Å². The minimum atomic E-state index is 0.444. The van der Waals surface area contributed by atoms with Gasteiger partial charge in [0.2, 0.25) is 0 Å². The van der Waals surface area contributed by atoms with Gasteiger partial charge in [-0.25, -0.2) is 0 Å². The molecule has 1 aromatic heterocycles. The van der Waals surface area contributed by atoms with Crippen LogP contribution in [0.2, 0.25) is 5.02 Å². The first-order valence-corrected chi connectivity index (χ1v) is 11.9. The van der Waals surface area contributed by atoms with Crippen LogP contribution in [0, 0.1) is 0 Å². The third-order valence-electron chi connectivity index (χ3n) is 6.76. The molecule has 2 aromatic rings.